The van der Waals surface area contributed by atoms with Gasteiger partial charge in [-0.25, -0.2) is 4.39 Å². The fraction of sp³-hybridized carbons (Fsp3) is 0.333. The normalized spacial score (nSPS) is 12.6. The van der Waals surface area contributed by atoms with Crippen LogP contribution in [0.4, 0.5) is 4.39 Å². The van der Waals surface area contributed by atoms with E-state index >= 15 is 0 Å². The Bertz CT molecular complexity index is 248. The van der Waals surface area contributed by atoms with E-state index in [9.17, 15) is 4.39 Å². The van der Waals surface area contributed by atoms with Crippen molar-refractivity contribution in [2.75, 3.05) is 6.61 Å². The summed E-state index contributed by atoms with van der Waals surface area (Å²) in [6.07, 6.45) is -0.534. The first kappa shape index (κ1) is 9.00. The van der Waals surface area contributed by atoms with E-state index in [1.807, 2.05) is 0 Å². The molecule has 0 saturated carbocycles. The zero-order chi connectivity index (χ0) is 8.97. The summed E-state index contributed by atoms with van der Waals surface area (Å²) in [5.41, 5.74) is 0. The molecule has 0 amide bonds. The SMILES string of the molecule is C[C@H](O)COc1cccc(F)c1. The van der Waals surface area contributed by atoms with E-state index < -0.39 is 6.10 Å². The Morgan fingerprint density at radius 1 is 1.58 bits per heavy atom. The molecule has 0 saturated heterocycles. The lowest BCUT2D eigenvalue weighted by Gasteiger charge is -2.07. The van der Waals surface area contributed by atoms with Crippen molar-refractivity contribution in [1.82, 2.24) is 0 Å². The first-order valence-electron chi connectivity index (χ1n) is 3.75. The topological polar surface area (TPSA) is 29.5 Å². The Morgan fingerprint density at radius 2 is 2.33 bits per heavy atom. The van der Waals surface area contributed by atoms with Crippen LogP contribution in [-0.2, 0) is 0 Å². The van der Waals surface area contributed by atoms with Crippen molar-refractivity contribution in [2.45, 2.75) is 13.0 Å². The van der Waals surface area contributed by atoms with Gasteiger partial charge in [0.05, 0.1) is 6.10 Å². The smallest absolute Gasteiger partial charge is 0.126 e. The Labute approximate surface area is 70.6 Å². The van der Waals surface area contributed by atoms with Crippen molar-refractivity contribution < 1.29 is 14.2 Å². The summed E-state index contributed by atoms with van der Waals surface area (Å²) in [5, 5.41) is 8.86. The van der Waals surface area contributed by atoms with Crippen LogP contribution in [0.1, 0.15) is 6.92 Å². The molecule has 2 nitrogen and oxygen atoms in total. The van der Waals surface area contributed by atoms with Gasteiger partial charge in [0.25, 0.3) is 0 Å². The van der Waals surface area contributed by atoms with E-state index in [2.05, 4.69) is 0 Å². The number of aliphatic hydroxyl groups is 1. The standard InChI is InChI=1S/C9H11FO2/c1-7(11)6-12-9-4-2-3-8(10)5-9/h2-5,7,11H,6H2,1H3/t7-/m0/s1. The molecule has 0 heterocycles. The number of ether oxygens (including phenoxy) is 1. The van der Waals surface area contributed by atoms with Gasteiger partial charge in [-0.05, 0) is 19.1 Å². The van der Waals surface area contributed by atoms with E-state index in [1.165, 1.54) is 12.1 Å². The van der Waals surface area contributed by atoms with Crippen molar-refractivity contribution in [2.24, 2.45) is 0 Å². The summed E-state index contributed by atoms with van der Waals surface area (Å²) in [4.78, 5) is 0. The molecule has 0 fully saturated rings. The monoisotopic (exact) mass is 170 g/mol. The molecule has 0 aliphatic carbocycles. The third-order valence-electron chi connectivity index (χ3n) is 1.29. The number of halogens is 1. The minimum atomic E-state index is -0.534. The van der Waals surface area contributed by atoms with Crippen LogP contribution >= 0.6 is 0 Å². The van der Waals surface area contributed by atoms with Crippen molar-refractivity contribution in [3.63, 3.8) is 0 Å². The van der Waals surface area contributed by atoms with Gasteiger partial charge >= 0.3 is 0 Å². The molecule has 1 aromatic rings. The average Bonchev–Trinajstić information content (AvgIpc) is 2.01. The van der Waals surface area contributed by atoms with E-state index in [4.69, 9.17) is 9.84 Å². The molecule has 1 atom stereocenters. The molecule has 0 aliphatic heterocycles. The number of hydrogen-bond donors (Lipinski definition) is 1. The van der Waals surface area contributed by atoms with E-state index in [0.29, 0.717) is 5.75 Å². The molecule has 0 bridgehead atoms. The van der Waals surface area contributed by atoms with Gasteiger partial charge in [-0.2, -0.15) is 0 Å². The number of benzene rings is 1. The van der Waals surface area contributed by atoms with Crippen molar-refractivity contribution in [3.8, 4) is 5.75 Å². The van der Waals surface area contributed by atoms with Gasteiger partial charge in [0, 0.05) is 6.07 Å². The second-order valence-electron chi connectivity index (χ2n) is 2.62. The molecule has 0 radical (unpaired) electrons. The molecule has 0 aromatic heterocycles. The zero-order valence-corrected chi connectivity index (χ0v) is 6.83. The fourth-order valence-electron chi connectivity index (χ4n) is 0.774. The molecule has 0 aliphatic rings. The van der Waals surface area contributed by atoms with Crippen LogP contribution in [0.5, 0.6) is 5.75 Å². The maximum Gasteiger partial charge on any atom is 0.126 e. The van der Waals surface area contributed by atoms with E-state index in [0.717, 1.165) is 0 Å². The molecule has 66 valence electrons. The fourth-order valence-corrected chi connectivity index (χ4v) is 0.774. The maximum absolute atomic E-state index is 12.5. The van der Waals surface area contributed by atoms with Crippen LogP contribution in [0.15, 0.2) is 24.3 Å². The summed E-state index contributed by atoms with van der Waals surface area (Å²) in [6, 6.07) is 5.83. The summed E-state index contributed by atoms with van der Waals surface area (Å²) in [6.45, 7) is 1.79. The quantitative estimate of drug-likeness (QED) is 0.746. The first-order chi connectivity index (χ1) is 5.68. The third-order valence-corrected chi connectivity index (χ3v) is 1.29. The van der Waals surface area contributed by atoms with Crippen LogP contribution in [-0.4, -0.2) is 17.8 Å². The molecular formula is C9H11FO2. The van der Waals surface area contributed by atoms with Crippen LogP contribution in [0.2, 0.25) is 0 Å². The molecule has 12 heavy (non-hydrogen) atoms. The van der Waals surface area contributed by atoms with Gasteiger partial charge in [0.15, 0.2) is 0 Å². The minimum absolute atomic E-state index is 0.184. The molecule has 0 unspecified atom stereocenters. The van der Waals surface area contributed by atoms with Crippen LogP contribution in [0.3, 0.4) is 0 Å². The highest BCUT2D eigenvalue weighted by molar-refractivity contribution is 5.22. The molecule has 1 N–H and O–H groups in total. The highest BCUT2D eigenvalue weighted by Crippen LogP contribution is 2.11. The molecule has 3 heteroatoms. The van der Waals surface area contributed by atoms with Gasteiger partial charge in [-0.3, -0.25) is 0 Å². The molecule has 1 aromatic carbocycles. The van der Waals surface area contributed by atoms with Crippen molar-refractivity contribution in [3.05, 3.63) is 30.1 Å². The summed E-state index contributed by atoms with van der Waals surface area (Å²) < 4.78 is 17.6. The Kier molecular flexibility index (Phi) is 3.05. The summed E-state index contributed by atoms with van der Waals surface area (Å²) in [7, 11) is 0. The highest BCUT2D eigenvalue weighted by atomic mass is 19.1. The highest BCUT2D eigenvalue weighted by Gasteiger charge is 1.98. The van der Waals surface area contributed by atoms with Gasteiger partial charge < -0.3 is 9.84 Å². The second-order valence-corrected chi connectivity index (χ2v) is 2.62. The predicted molar refractivity (Wildman–Crippen MR) is 43.6 cm³/mol. The van der Waals surface area contributed by atoms with Crippen LogP contribution in [0, 0.1) is 5.82 Å². The van der Waals surface area contributed by atoms with Gasteiger partial charge in [-0.1, -0.05) is 6.07 Å². The third kappa shape index (κ3) is 2.88. The first-order valence-corrected chi connectivity index (χ1v) is 3.75. The van der Waals surface area contributed by atoms with Crippen LogP contribution in [0.25, 0.3) is 0 Å². The Balaban J connectivity index is 2.52. The number of rotatable bonds is 3. The van der Waals surface area contributed by atoms with Gasteiger partial charge in [0.1, 0.15) is 18.2 Å². The van der Waals surface area contributed by atoms with E-state index in [1.54, 1.807) is 19.1 Å². The number of hydrogen-bond acceptors (Lipinski definition) is 2. The zero-order valence-electron chi connectivity index (χ0n) is 6.83. The van der Waals surface area contributed by atoms with E-state index in [-0.39, 0.29) is 12.4 Å². The van der Waals surface area contributed by atoms with Crippen molar-refractivity contribution >= 4 is 0 Å². The lowest BCUT2D eigenvalue weighted by molar-refractivity contribution is 0.122. The second kappa shape index (κ2) is 4.07. The van der Waals surface area contributed by atoms with Gasteiger partial charge in [0.2, 0.25) is 0 Å². The Hall–Kier alpha value is -1.09. The molecule has 0 spiro atoms. The number of aliphatic hydroxyl groups excluding tert-OH is 1. The predicted octanol–water partition coefficient (Wildman–Crippen LogP) is 1.59. The summed E-state index contributed by atoms with van der Waals surface area (Å²) in [5.74, 6) is 0.106. The minimum Gasteiger partial charge on any atom is -0.491 e. The van der Waals surface area contributed by atoms with Crippen LogP contribution < -0.4 is 4.74 Å². The lowest BCUT2D eigenvalue weighted by atomic mass is 10.3. The van der Waals surface area contributed by atoms with Crippen molar-refractivity contribution in [1.29, 1.82) is 0 Å². The van der Waals surface area contributed by atoms with Gasteiger partial charge in [-0.15, -0.1) is 0 Å². The summed E-state index contributed by atoms with van der Waals surface area (Å²) >= 11 is 0. The maximum atomic E-state index is 12.5. The molecule has 1 rings (SSSR count). The largest absolute Gasteiger partial charge is 0.491 e. The lowest BCUT2D eigenvalue weighted by Crippen LogP contribution is -2.12. The molecular weight excluding hydrogens is 159 g/mol. The Morgan fingerprint density at radius 3 is 2.92 bits per heavy atom. The average molecular weight is 170 g/mol.